The van der Waals surface area contributed by atoms with Gasteiger partial charge in [0.15, 0.2) is 0 Å². The molecule has 3 nitrogen and oxygen atoms in total. The summed E-state index contributed by atoms with van der Waals surface area (Å²) in [7, 11) is 0. The van der Waals surface area contributed by atoms with Gasteiger partial charge in [0.25, 0.3) is 5.91 Å². The molecule has 27 heavy (non-hydrogen) atoms. The number of nitrogens with zero attached hydrogens (tertiary/aromatic N) is 1. The van der Waals surface area contributed by atoms with E-state index in [1.165, 1.54) is 0 Å². The molecule has 3 heteroatoms. The van der Waals surface area contributed by atoms with Crippen LogP contribution in [0.2, 0.25) is 0 Å². The molecular formula is C24H21NO2. The van der Waals surface area contributed by atoms with Crippen molar-refractivity contribution in [3.63, 3.8) is 0 Å². The van der Waals surface area contributed by atoms with Crippen LogP contribution in [0.15, 0.2) is 103 Å². The van der Waals surface area contributed by atoms with E-state index in [-0.39, 0.29) is 5.91 Å². The van der Waals surface area contributed by atoms with Gasteiger partial charge < -0.3 is 4.74 Å². The minimum Gasteiger partial charge on any atom is -0.470 e. The summed E-state index contributed by atoms with van der Waals surface area (Å²) in [6, 6.07) is 30.0. The van der Waals surface area contributed by atoms with Crippen molar-refractivity contribution < 1.29 is 9.53 Å². The van der Waals surface area contributed by atoms with Crippen molar-refractivity contribution in [3.8, 4) is 0 Å². The normalized spacial score (nSPS) is 16.6. The zero-order valence-electron chi connectivity index (χ0n) is 15.0. The molecule has 0 radical (unpaired) electrons. The van der Waals surface area contributed by atoms with Gasteiger partial charge in [-0.15, -0.1) is 0 Å². The summed E-state index contributed by atoms with van der Waals surface area (Å²) in [5.74, 6) is 0.675. The SMILES string of the molecule is O=C1C=C(Cc2ccccc2)OC(c2ccccc2)N1Cc1ccccc1. The van der Waals surface area contributed by atoms with Crippen LogP contribution in [-0.2, 0) is 22.5 Å². The first kappa shape index (κ1) is 17.1. The minimum absolute atomic E-state index is 0.0233. The summed E-state index contributed by atoms with van der Waals surface area (Å²) in [6.07, 6.45) is 1.80. The Hall–Kier alpha value is -3.33. The Bertz CT molecular complexity index is 920. The van der Waals surface area contributed by atoms with E-state index in [4.69, 9.17) is 4.74 Å². The Morgan fingerprint density at radius 2 is 1.30 bits per heavy atom. The highest BCUT2D eigenvalue weighted by molar-refractivity contribution is 5.89. The van der Waals surface area contributed by atoms with Crippen molar-refractivity contribution in [1.82, 2.24) is 4.90 Å². The van der Waals surface area contributed by atoms with E-state index in [1.807, 2.05) is 91.0 Å². The Balaban J connectivity index is 1.63. The summed E-state index contributed by atoms with van der Waals surface area (Å²) in [6.45, 7) is 0.508. The van der Waals surface area contributed by atoms with Gasteiger partial charge in [0, 0.05) is 24.6 Å². The van der Waals surface area contributed by atoms with Gasteiger partial charge in [-0.05, 0) is 11.1 Å². The highest BCUT2D eigenvalue weighted by Gasteiger charge is 2.31. The molecule has 1 atom stereocenters. The maximum atomic E-state index is 13.0. The summed E-state index contributed by atoms with van der Waals surface area (Å²) in [4.78, 5) is 14.7. The van der Waals surface area contributed by atoms with Crippen LogP contribution in [0.25, 0.3) is 0 Å². The van der Waals surface area contributed by atoms with Crippen LogP contribution in [0.5, 0.6) is 0 Å². The average Bonchev–Trinajstić information content (AvgIpc) is 2.72. The lowest BCUT2D eigenvalue weighted by molar-refractivity contribution is -0.144. The van der Waals surface area contributed by atoms with Crippen LogP contribution in [0, 0.1) is 0 Å². The fourth-order valence-corrected chi connectivity index (χ4v) is 3.27. The number of carbonyl (C=O) groups excluding carboxylic acids is 1. The molecule has 0 aliphatic carbocycles. The van der Waals surface area contributed by atoms with Crippen molar-refractivity contribution in [2.75, 3.05) is 0 Å². The monoisotopic (exact) mass is 355 g/mol. The number of rotatable bonds is 5. The number of hydrogen-bond acceptors (Lipinski definition) is 2. The second-order valence-electron chi connectivity index (χ2n) is 6.61. The molecule has 0 saturated heterocycles. The van der Waals surface area contributed by atoms with Gasteiger partial charge in [-0.2, -0.15) is 0 Å². The number of allylic oxidation sites excluding steroid dienone is 1. The third-order valence-corrected chi connectivity index (χ3v) is 4.62. The molecule has 4 rings (SSSR count). The molecule has 1 heterocycles. The Morgan fingerprint density at radius 3 is 1.93 bits per heavy atom. The van der Waals surface area contributed by atoms with Crippen molar-refractivity contribution in [2.45, 2.75) is 19.2 Å². The van der Waals surface area contributed by atoms with Crippen LogP contribution in [-0.4, -0.2) is 10.8 Å². The second-order valence-corrected chi connectivity index (χ2v) is 6.61. The fourth-order valence-electron chi connectivity index (χ4n) is 3.27. The number of amides is 1. The van der Waals surface area contributed by atoms with Gasteiger partial charge in [0.2, 0.25) is 6.23 Å². The van der Waals surface area contributed by atoms with Gasteiger partial charge in [0.05, 0.1) is 0 Å². The van der Waals surface area contributed by atoms with E-state index < -0.39 is 6.23 Å². The molecule has 1 unspecified atom stereocenters. The van der Waals surface area contributed by atoms with Crippen LogP contribution in [0.3, 0.4) is 0 Å². The third-order valence-electron chi connectivity index (χ3n) is 4.62. The Labute approximate surface area is 159 Å². The molecule has 0 N–H and O–H groups in total. The molecule has 1 amide bonds. The average molecular weight is 355 g/mol. The minimum atomic E-state index is -0.428. The molecule has 0 fully saturated rings. The Kier molecular flexibility index (Phi) is 5.01. The molecule has 0 bridgehead atoms. The standard InChI is InChI=1S/C24H21NO2/c26-23-17-22(16-19-10-4-1-5-11-19)27-24(21-14-8-3-9-15-21)25(23)18-20-12-6-2-7-13-20/h1-15,17,24H,16,18H2. The van der Waals surface area contributed by atoms with Gasteiger partial charge in [0.1, 0.15) is 5.76 Å². The predicted molar refractivity (Wildman–Crippen MR) is 105 cm³/mol. The topological polar surface area (TPSA) is 29.5 Å². The van der Waals surface area contributed by atoms with E-state index in [2.05, 4.69) is 0 Å². The van der Waals surface area contributed by atoms with Gasteiger partial charge in [-0.1, -0.05) is 91.0 Å². The molecule has 0 spiro atoms. The zero-order valence-corrected chi connectivity index (χ0v) is 15.0. The zero-order chi connectivity index (χ0) is 18.5. The summed E-state index contributed by atoms with van der Waals surface area (Å²) in [5, 5.41) is 0. The summed E-state index contributed by atoms with van der Waals surface area (Å²) < 4.78 is 6.30. The quantitative estimate of drug-likeness (QED) is 0.653. The smallest absolute Gasteiger partial charge is 0.253 e. The molecule has 134 valence electrons. The molecule has 0 saturated carbocycles. The van der Waals surface area contributed by atoms with Crippen LogP contribution < -0.4 is 0 Å². The predicted octanol–water partition coefficient (Wildman–Crippen LogP) is 4.87. The maximum Gasteiger partial charge on any atom is 0.253 e. The van der Waals surface area contributed by atoms with Crippen molar-refractivity contribution >= 4 is 5.91 Å². The number of ether oxygens (including phenoxy) is 1. The van der Waals surface area contributed by atoms with Crippen LogP contribution >= 0.6 is 0 Å². The largest absolute Gasteiger partial charge is 0.470 e. The summed E-state index contributed by atoms with van der Waals surface area (Å²) >= 11 is 0. The van der Waals surface area contributed by atoms with Gasteiger partial charge >= 0.3 is 0 Å². The maximum absolute atomic E-state index is 13.0. The number of benzene rings is 3. The first-order chi connectivity index (χ1) is 13.3. The summed E-state index contributed by atoms with van der Waals surface area (Å²) in [5.41, 5.74) is 3.18. The van der Waals surface area contributed by atoms with Gasteiger partial charge in [-0.3, -0.25) is 9.69 Å². The number of carbonyl (C=O) groups is 1. The lowest BCUT2D eigenvalue weighted by atomic mass is 10.1. The lowest BCUT2D eigenvalue weighted by Crippen LogP contribution is -2.38. The second kappa shape index (κ2) is 7.92. The van der Waals surface area contributed by atoms with E-state index in [9.17, 15) is 4.79 Å². The van der Waals surface area contributed by atoms with E-state index in [1.54, 1.807) is 11.0 Å². The number of hydrogen-bond donors (Lipinski definition) is 0. The highest BCUT2D eigenvalue weighted by Crippen LogP contribution is 2.31. The van der Waals surface area contributed by atoms with Gasteiger partial charge in [-0.25, -0.2) is 0 Å². The lowest BCUT2D eigenvalue weighted by Gasteiger charge is -2.36. The van der Waals surface area contributed by atoms with Crippen molar-refractivity contribution in [2.24, 2.45) is 0 Å². The molecule has 1 aliphatic rings. The van der Waals surface area contributed by atoms with Crippen LogP contribution in [0.1, 0.15) is 22.9 Å². The molecule has 3 aromatic rings. The van der Waals surface area contributed by atoms with Crippen molar-refractivity contribution in [1.29, 1.82) is 0 Å². The van der Waals surface area contributed by atoms with E-state index in [0.29, 0.717) is 18.7 Å². The van der Waals surface area contributed by atoms with E-state index in [0.717, 1.165) is 16.7 Å². The first-order valence-electron chi connectivity index (χ1n) is 9.10. The fraction of sp³-hybridized carbons (Fsp3) is 0.125. The molecular weight excluding hydrogens is 334 g/mol. The van der Waals surface area contributed by atoms with E-state index >= 15 is 0 Å². The Morgan fingerprint density at radius 1 is 0.741 bits per heavy atom. The van der Waals surface area contributed by atoms with Crippen molar-refractivity contribution in [3.05, 3.63) is 120 Å². The molecule has 1 aliphatic heterocycles. The molecule has 0 aromatic heterocycles. The first-order valence-corrected chi connectivity index (χ1v) is 9.10. The van der Waals surface area contributed by atoms with Crippen LogP contribution in [0.4, 0.5) is 0 Å². The highest BCUT2D eigenvalue weighted by atomic mass is 16.5. The third kappa shape index (κ3) is 4.09. The molecule has 3 aromatic carbocycles.